The number of benzene rings is 1. The van der Waals surface area contributed by atoms with E-state index >= 15 is 0 Å². The highest BCUT2D eigenvalue weighted by Crippen LogP contribution is 2.30. The van der Waals surface area contributed by atoms with Gasteiger partial charge in [0.05, 0.1) is 11.5 Å². The fourth-order valence-corrected chi connectivity index (χ4v) is 2.75. The summed E-state index contributed by atoms with van der Waals surface area (Å²) in [5.41, 5.74) is 3.01. The molecule has 30 heavy (non-hydrogen) atoms. The molecular weight excluding hydrogens is 378 g/mol. The Labute approximate surface area is 177 Å². The maximum Gasteiger partial charge on any atom is 0.234 e. The third-order valence-electron chi connectivity index (χ3n) is 4.49. The van der Waals surface area contributed by atoms with Gasteiger partial charge in [0, 0.05) is 37.0 Å². The highest BCUT2D eigenvalue weighted by atomic mass is 16.5. The second kappa shape index (κ2) is 8.26. The van der Waals surface area contributed by atoms with Crippen LogP contribution in [0, 0.1) is 5.41 Å². The van der Waals surface area contributed by atoms with Crippen molar-refractivity contribution >= 4 is 28.6 Å². The molecule has 0 unspecified atom stereocenters. The number of carbonyl (C=O) groups is 1. The molecule has 7 nitrogen and oxygen atoms in total. The molecule has 7 heteroatoms. The summed E-state index contributed by atoms with van der Waals surface area (Å²) in [5.74, 6) is 0.419. The van der Waals surface area contributed by atoms with Gasteiger partial charge in [-0.25, -0.2) is 4.98 Å². The largest absolute Gasteiger partial charge is 0.474 e. The van der Waals surface area contributed by atoms with E-state index in [2.05, 4.69) is 49.4 Å². The zero-order valence-electron chi connectivity index (χ0n) is 18.6. The molecule has 3 aromatic rings. The van der Waals surface area contributed by atoms with E-state index < -0.39 is 5.41 Å². The standard InChI is InChI=1S/C23H29N5O2/c1-14(2)30-20-18-12-16(15-8-10-17(11-9-15)28(6)7)13-24-19(18)25-22(26-20)27-21(29)23(3,4)5/h8-14H,1-7H3,(H,24,25,26,27,29). The number of anilines is 2. The first-order valence-electron chi connectivity index (χ1n) is 9.98. The quantitative estimate of drug-likeness (QED) is 0.669. The van der Waals surface area contributed by atoms with Crippen LogP contribution in [-0.4, -0.2) is 41.1 Å². The van der Waals surface area contributed by atoms with Gasteiger partial charge in [0.15, 0.2) is 5.65 Å². The van der Waals surface area contributed by atoms with E-state index in [4.69, 9.17) is 4.74 Å². The van der Waals surface area contributed by atoms with Crippen LogP contribution >= 0.6 is 0 Å². The molecular formula is C23H29N5O2. The Morgan fingerprint density at radius 1 is 1.07 bits per heavy atom. The van der Waals surface area contributed by atoms with Crippen molar-refractivity contribution in [3.8, 4) is 17.0 Å². The average Bonchev–Trinajstić information content (AvgIpc) is 2.66. The molecule has 2 aromatic heterocycles. The lowest BCUT2D eigenvalue weighted by Crippen LogP contribution is -2.28. The topological polar surface area (TPSA) is 80.2 Å². The molecule has 0 spiro atoms. The fourth-order valence-electron chi connectivity index (χ4n) is 2.75. The lowest BCUT2D eigenvalue weighted by Gasteiger charge is -2.18. The number of amides is 1. The minimum absolute atomic E-state index is 0.0858. The molecule has 1 N–H and O–H groups in total. The highest BCUT2D eigenvalue weighted by molar-refractivity contribution is 5.94. The molecule has 1 amide bonds. The van der Waals surface area contributed by atoms with E-state index in [-0.39, 0.29) is 18.0 Å². The van der Waals surface area contributed by atoms with Gasteiger partial charge in [0.25, 0.3) is 0 Å². The summed E-state index contributed by atoms with van der Waals surface area (Å²) in [6, 6.07) is 10.2. The number of rotatable bonds is 5. The number of hydrogen-bond donors (Lipinski definition) is 1. The predicted octanol–water partition coefficient (Wildman–Crippen LogP) is 4.53. The highest BCUT2D eigenvalue weighted by Gasteiger charge is 2.23. The van der Waals surface area contributed by atoms with Crippen molar-refractivity contribution in [2.24, 2.45) is 5.41 Å². The van der Waals surface area contributed by atoms with Crippen molar-refractivity contribution < 1.29 is 9.53 Å². The summed E-state index contributed by atoms with van der Waals surface area (Å²) in [5, 5.41) is 3.47. The van der Waals surface area contributed by atoms with Gasteiger partial charge in [-0.05, 0) is 37.6 Å². The van der Waals surface area contributed by atoms with Crippen molar-refractivity contribution in [2.75, 3.05) is 24.3 Å². The van der Waals surface area contributed by atoms with Crippen LogP contribution in [0.25, 0.3) is 22.2 Å². The first-order chi connectivity index (χ1) is 14.0. The average molecular weight is 408 g/mol. The van der Waals surface area contributed by atoms with E-state index in [1.165, 1.54) is 0 Å². The smallest absolute Gasteiger partial charge is 0.234 e. The van der Waals surface area contributed by atoms with Crippen LogP contribution in [0.15, 0.2) is 36.5 Å². The number of hydrogen-bond acceptors (Lipinski definition) is 6. The molecule has 0 bridgehead atoms. The van der Waals surface area contributed by atoms with Crippen LogP contribution in [-0.2, 0) is 4.79 Å². The number of aromatic nitrogens is 3. The molecule has 2 heterocycles. The van der Waals surface area contributed by atoms with E-state index in [9.17, 15) is 4.79 Å². The van der Waals surface area contributed by atoms with Crippen LogP contribution in [0.1, 0.15) is 34.6 Å². The zero-order valence-corrected chi connectivity index (χ0v) is 18.6. The van der Waals surface area contributed by atoms with E-state index in [0.717, 1.165) is 16.8 Å². The van der Waals surface area contributed by atoms with Gasteiger partial charge in [0.1, 0.15) is 0 Å². The monoisotopic (exact) mass is 407 g/mol. The van der Waals surface area contributed by atoms with Gasteiger partial charge in [-0.15, -0.1) is 0 Å². The third-order valence-corrected chi connectivity index (χ3v) is 4.49. The molecule has 0 aliphatic carbocycles. The van der Waals surface area contributed by atoms with Crippen LogP contribution in [0.4, 0.5) is 11.6 Å². The molecule has 1 aromatic carbocycles. The third kappa shape index (κ3) is 4.84. The van der Waals surface area contributed by atoms with Gasteiger partial charge >= 0.3 is 0 Å². The van der Waals surface area contributed by atoms with Crippen LogP contribution in [0.3, 0.4) is 0 Å². The number of fused-ring (bicyclic) bond motifs is 1. The Morgan fingerprint density at radius 3 is 2.30 bits per heavy atom. The fraction of sp³-hybridized carbons (Fsp3) is 0.391. The summed E-state index contributed by atoms with van der Waals surface area (Å²) in [4.78, 5) is 27.8. The zero-order chi connectivity index (χ0) is 22.1. The summed E-state index contributed by atoms with van der Waals surface area (Å²) in [6.07, 6.45) is 1.69. The molecule has 0 fully saturated rings. The van der Waals surface area contributed by atoms with Crippen LogP contribution in [0.2, 0.25) is 0 Å². The molecule has 0 saturated heterocycles. The minimum Gasteiger partial charge on any atom is -0.474 e. The number of pyridine rings is 1. The lowest BCUT2D eigenvalue weighted by atomic mass is 9.96. The summed E-state index contributed by atoms with van der Waals surface area (Å²) in [6.45, 7) is 9.36. The first kappa shape index (κ1) is 21.5. The van der Waals surface area contributed by atoms with Gasteiger partial charge in [-0.3, -0.25) is 10.1 Å². The Morgan fingerprint density at radius 2 is 1.73 bits per heavy atom. The van der Waals surface area contributed by atoms with Gasteiger partial charge in [-0.1, -0.05) is 32.9 Å². The van der Waals surface area contributed by atoms with E-state index in [0.29, 0.717) is 16.9 Å². The molecule has 0 aliphatic heterocycles. The number of nitrogens with one attached hydrogen (secondary N) is 1. The Hall–Kier alpha value is -3.22. The first-order valence-corrected chi connectivity index (χ1v) is 9.98. The Balaban J connectivity index is 2.04. The molecule has 0 aliphatic rings. The van der Waals surface area contributed by atoms with Crippen LogP contribution in [0.5, 0.6) is 5.88 Å². The second-order valence-electron chi connectivity index (χ2n) is 8.76. The molecule has 0 saturated carbocycles. The summed E-state index contributed by atoms with van der Waals surface area (Å²) in [7, 11) is 4.02. The van der Waals surface area contributed by atoms with E-state index in [1.54, 1.807) is 6.20 Å². The van der Waals surface area contributed by atoms with E-state index in [1.807, 2.05) is 54.8 Å². The molecule has 0 radical (unpaired) electrons. The van der Waals surface area contributed by atoms with Crippen molar-refractivity contribution in [2.45, 2.75) is 40.7 Å². The van der Waals surface area contributed by atoms with Gasteiger partial charge < -0.3 is 9.64 Å². The summed E-state index contributed by atoms with van der Waals surface area (Å²) >= 11 is 0. The Kier molecular flexibility index (Phi) is 5.92. The van der Waals surface area contributed by atoms with Gasteiger partial charge in [-0.2, -0.15) is 9.97 Å². The SMILES string of the molecule is CC(C)Oc1nc(NC(=O)C(C)(C)C)nc2ncc(-c3ccc(N(C)C)cc3)cc12. The molecule has 0 atom stereocenters. The van der Waals surface area contributed by atoms with Crippen molar-refractivity contribution in [1.82, 2.24) is 15.0 Å². The van der Waals surface area contributed by atoms with Crippen LogP contribution < -0.4 is 15.0 Å². The number of ether oxygens (including phenoxy) is 1. The Bertz CT molecular complexity index is 1050. The van der Waals surface area contributed by atoms with Gasteiger partial charge in [0.2, 0.25) is 17.7 Å². The molecule has 3 rings (SSSR count). The normalized spacial score (nSPS) is 11.6. The van der Waals surface area contributed by atoms with Crippen molar-refractivity contribution in [1.29, 1.82) is 0 Å². The summed E-state index contributed by atoms with van der Waals surface area (Å²) < 4.78 is 5.93. The molecule has 158 valence electrons. The predicted molar refractivity (Wildman–Crippen MR) is 121 cm³/mol. The maximum atomic E-state index is 12.4. The van der Waals surface area contributed by atoms with Crippen molar-refractivity contribution in [3.63, 3.8) is 0 Å². The lowest BCUT2D eigenvalue weighted by molar-refractivity contribution is -0.123. The minimum atomic E-state index is -0.562. The number of nitrogens with zero attached hydrogens (tertiary/aromatic N) is 4. The van der Waals surface area contributed by atoms with Crippen molar-refractivity contribution in [3.05, 3.63) is 36.5 Å². The number of carbonyl (C=O) groups excluding carboxylic acids is 1. The maximum absolute atomic E-state index is 12.4. The second-order valence-corrected chi connectivity index (χ2v) is 8.76.